The predicted molar refractivity (Wildman–Crippen MR) is 107 cm³/mol. The van der Waals surface area contributed by atoms with Crippen LogP contribution in [0.1, 0.15) is 0 Å². The Morgan fingerprint density at radius 1 is 1.23 bits per heavy atom. The molecule has 0 saturated carbocycles. The van der Waals surface area contributed by atoms with Crippen molar-refractivity contribution >= 4 is 44.0 Å². The molecule has 0 bridgehead atoms. The van der Waals surface area contributed by atoms with Crippen molar-refractivity contribution in [3.05, 3.63) is 56.1 Å². The van der Waals surface area contributed by atoms with Gasteiger partial charge in [-0.25, -0.2) is 8.42 Å². The lowest BCUT2D eigenvalue weighted by molar-refractivity contribution is -0.385. The van der Waals surface area contributed by atoms with Gasteiger partial charge >= 0.3 is 0 Å². The van der Waals surface area contributed by atoms with Gasteiger partial charge in [-0.1, -0.05) is 6.07 Å². The summed E-state index contributed by atoms with van der Waals surface area (Å²) in [6.45, 7) is 1.18. The van der Waals surface area contributed by atoms with Crippen LogP contribution in [0.2, 0.25) is 0 Å². The Bertz CT molecular complexity index is 903. The Labute approximate surface area is 165 Å². The fourth-order valence-electron chi connectivity index (χ4n) is 1.99. The van der Waals surface area contributed by atoms with Gasteiger partial charge in [0, 0.05) is 24.7 Å². The Morgan fingerprint density at radius 2 is 1.96 bits per heavy atom. The number of nitrogens with zero attached hydrogens (tertiary/aromatic N) is 2. The predicted octanol–water partition coefficient (Wildman–Crippen LogP) is 2.94. The third-order valence-corrected chi connectivity index (χ3v) is 5.59. The van der Waals surface area contributed by atoms with Crippen molar-refractivity contribution in [1.29, 1.82) is 0 Å². The Balaban J connectivity index is 2.21. The van der Waals surface area contributed by atoms with Gasteiger partial charge in [-0.05, 0) is 54.9 Å². The van der Waals surface area contributed by atoms with E-state index in [0.717, 1.165) is 16.2 Å². The van der Waals surface area contributed by atoms with Crippen LogP contribution in [-0.2, 0) is 10.0 Å². The number of halogens is 1. The minimum absolute atomic E-state index is 0.180. The summed E-state index contributed by atoms with van der Waals surface area (Å²) in [6, 6.07) is 9.82. The molecule has 10 heteroatoms. The fourth-order valence-corrected chi connectivity index (χ4v) is 3.57. The van der Waals surface area contributed by atoms with Crippen LogP contribution < -0.4 is 9.46 Å². The highest BCUT2D eigenvalue weighted by atomic mass is 127. The number of nitro benzene ring substituents is 1. The standard InChI is InChI=1S/C16H18IN3O5S/c1-19(2)8-9-25-16-10-12(6-7-15(16)17)18-26(23,24)14-5-3-4-13(11-14)20(21)22/h3-7,10-11,18H,8-9H2,1-2H3. The number of nitrogens with one attached hydrogen (secondary N) is 1. The molecule has 26 heavy (non-hydrogen) atoms. The first-order valence-corrected chi connectivity index (χ1v) is 10.1. The monoisotopic (exact) mass is 491 g/mol. The lowest BCUT2D eigenvalue weighted by Crippen LogP contribution is -2.19. The van der Waals surface area contributed by atoms with E-state index in [1.165, 1.54) is 18.2 Å². The largest absolute Gasteiger partial charge is 0.491 e. The van der Waals surface area contributed by atoms with Gasteiger partial charge in [-0.3, -0.25) is 14.8 Å². The van der Waals surface area contributed by atoms with E-state index in [2.05, 4.69) is 27.3 Å². The molecule has 0 aliphatic heterocycles. The first-order chi connectivity index (χ1) is 12.2. The second-order valence-electron chi connectivity index (χ2n) is 5.66. The molecule has 2 aromatic rings. The number of ether oxygens (including phenoxy) is 1. The number of sulfonamides is 1. The number of rotatable bonds is 8. The molecule has 0 atom stereocenters. The Hall–Kier alpha value is -1.92. The minimum Gasteiger partial charge on any atom is -0.491 e. The van der Waals surface area contributed by atoms with Crippen LogP contribution in [0.4, 0.5) is 11.4 Å². The average molecular weight is 491 g/mol. The van der Waals surface area contributed by atoms with Gasteiger partial charge in [0.25, 0.3) is 15.7 Å². The number of benzene rings is 2. The minimum atomic E-state index is -3.95. The van der Waals surface area contributed by atoms with E-state index in [1.807, 2.05) is 19.0 Å². The molecule has 0 radical (unpaired) electrons. The Kier molecular flexibility index (Phi) is 6.78. The summed E-state index contributed by atoms with van der Waals surface area (Å²) in [4.78, 5) is 12.0. The van der Waals surface area contributed by atoms with E-state index < -0.39 is 14.9 Å². The van der Waals surface area contributed by atoms with Gasteiger partial charge in [-0.15, -0.1) is 0 Å². The van der Waals surface area contributed by atoms with Crippen molar-refractivity contribution in [1.82, 2.24) is 4.90 Å². The smallest absolute Gasteiger partial charge is 0.270 e. The van der Waals surface area contributed by atoms with E-state index in [9.17, 15) is 18.5 Å². The van der Waals surface area contributed by atoms with Gasteiger partial charge in [0.2, 0.25) is 0 Å². The van der Waals surface area contributed by atoms with Gasteiger partial charge in [0.1, 0.15) is 12.4 Å². The molecule has 0 aromatic heterocycles. The van der Waals surface area contributed by atoms with Crippen LogP contribution in [0, 0.1) is 13.7 Å². The van der Waals surface area contributed by atoms with Crippen LogP contribution in [0.3, 0.4) is 0 Å². The highest BCUT2D eigenvalue weighted by molar-refractivity contribution is 14.1. The summed E-state index contributed by atoms with van der Waals surface area (Å²) in [5, 5.41) is 10.8. The number of hydrogen-bond donors (Lipinski definition) is 1. The van der Waals surface area contributed by atoms with Crippen LogP contribution in [0.15, 0.2) is 47.4 Å². The zero-order valence-electron chi connectivity index (χ0n) is 14.2. The third-order valence-electron chi connectivity index (χ3n) is 3.32. The summed E-state index contributed by atoms with van der Waals surface area (Å²) < 4.78 is 33.9. The number of nitro groups is 1. The van der Waals surface area contributed by atoms with Gasteiger partial charge in [0.15, 0.2) is 0 Å². The summed E-state index contributed by atoms with van der Waals surface area (Å²) in [5.74, 6) is 0.562. The normalized spacial score (nSPS) is 11.4. The van der Waals surface area contributed by atoms with Crippen LogP contribution in [0.5, 0.6) is 5.75 Å². The van der Waals surface area contributed by atoms with Crippen LogP contribution in [-0.4, -0.2) is 45.5 Å². The topological polar surface area (TPSA) is 102 Å². The zero-order valence-corrected chi connectivity index (χ0v) is 17.2. The molecule has 0 aliphatic carbocycles. The fraction of sp³-hybridized carbons (Fsp3) is 0.250. The molecule has 0 saturated heterocycles. The van der Waals surface area contributed by atoms with Crippen molar-refractivity contribution in [3.8, 4) is 5.75 Å². The van der Waals surface area contributed by atoms with Crippen molar-refractivity contribution in [2.75, 3.05) is 32.0 Å². The molecule has 140 valence electrons. The zero-order chi connectivity index (χ0) is 19.3. The van der Waals surface area contributed by atoms with E-state index in [1.54, 1.807) is 18.2 Å². The van der Waals surface area contributed by atoms with Gasteiger partial charge < -0.3 is 9.64 Å². The summed E-state index contributed by atoms with van der Waals surface area (Å²) >= 11 is 2.10. The lowest BCUT2D eigenvalue weighted by atomic mass is 10.3. The van der Waals surface area contributed by atoms with E-state index >= 15 is 0 Å². The molecule has 0 spiro atoms. The first kappa shape index (κ1) is 20.4. The molecule has 0 unspecified atom stereocenters. The summed E-state index contributed by atoms with van der Waals surface area (Å²) in [6.07, 6.45) is 0. The van der Waals surface area contributed by atoms with Gasteiger partial charge in [-0.2, -0.15) is 0 Å². The third kappa shape index (κ3) is 5.54. The summed E-state index contributed by atoms with van der Waals surface area (Å²) in [7, 11) is -0.0966. The lowest BCUT2D eigenvalue weighted by Gasteiger charge is -2.14. The number of anilines is 1. The van der Waals surface area contributed by atoms with E-state index in [4.69, 9.17) is 4.74 Å². The molecule has 0 amide bonds. The maximum Gasteiger partial charge on any atom is 0.270 e. The highest BCUT2D eigenvalue weighted by Crippen LogP contribution is 2.27. The SMILES string of the molecule is CN(C)CCOc1cc(NS(=O)(=O)c2cccc([N+](=O)[O-])c2)ccc1I. The average Bonchev–Trinajstić information content (AvgIpc) is 2.57. The van der Waals surface area contributed by atoms with Crippen molar-refractivity contribution < 1.29 is 18.1 Å². The van der Waals surface area contributed by atoms with Gasteiger partial charge in [0.05, 0.1) is 19.1 Å². The maximum atomic E-state index is 12.5. The molecular weight excluding hydrogens is 473 g/mol. The molecule has 8 nitrogen and oxygen atoms in total. The highest BCUT2D eigenvalue weighted by Gasteiger charge is 2.18. The van der Waals surface area contributed by atoms with Crippen LogP contribution in [0.25, 0.3) is 0 Å². The van der Waals surface area contributed by atoms with E-state index in [0.29, 0.717) is 18.0 Å². The first-order valence-electron chi connectivity index (χ1n) is 7.53. The molecule has 0 heterocycles. The van der Waals surface area contributed by atoms with Crippen molar-refractivity contribution in [3.63, 3.8) is 0 Å². The van der Waals surface area contributed by atoms with Crippen molar-refractivity contribution in [2.24, 2.45) is 0 Å². The van der Waals surface area contributed by atoms with E-state index in [-0.39, 0.29) is 10.6 Å². The second-order valence-corrected chi connectivity index (χ2v) is 8.50. The molecule has 0 aliphatic rings. The Morgan fingerprint density at radius 3 is 2.62 bits per heavy atom. The number of hydrogen-bond acceptors (Lipinski definition) is 6. The number of likely N-dealkylation sites (N-methyl/N-ethyl adjacent to an activating group) is 1. The molecule has 0 fully saturated rings. The molecular formula is C16H18IN3O5S. The molecule has 1 N–H and O–H groups in total. The quantitative estimate of drug-likeness (QED) is 0.346. The molecule has 2 rings (SSSR count). The second kappa shape index (κ2) is 8.64. The van der Waals surface area contributed by atoms with Crippen molar-refractivity contribution in [2.45, 2.75) is 4.90 Å². The maximum absolute atomic E-state index is 12.5. The molecule has 2 aromatic carbocycles. The summed E-state index contributed by atoms with van der Waals surface area (Å²) in [5.41, 5.74) is 0.0277. The number of non-ortho nitro benzene ring substituents is 1. The van der Waals surface area contributed by atoms with Crippen LogP contribution >= 0.6 is 22.6 Å².